The Bertz CT molecular complexity index is 599. The van der Waals surface area contributed by atoms with Crippen molar-refractivity contribution in [3.05, 3.63) is 30.4 Å². The molecule has 1 aliphatic heterocycles. The fraction of sp³-hybridized carbons (Fsp3) is 0.688. The number of hydrogen-bond acceptors (Lipinski definition) is 4. The van der Waals surface area contributed by atoms with Gasteiger partial charge in [0.2, 0.25) is 0 Å². The summed E-state index contributed by atoms with van der Waals surface area (Å²) in [7, 11) is 2.18. The van der Waals surface area contributed by atoms with Crippen molar-refractivity contribution in [3.63, 3.8) is 0 Å². The minimum atomic E-state index is 0.587. The molecule has 120 valence electrons. The summed E-state index contributed by atoms with van der Waals surface area (Å²) in [6.45, 7) is 8.38. The van der Waals surface area contributed by atoms with Crippen molar-refractivity contribution in [2.45, 2.75) is 46.3 Å². The summed E-state index contributed by atoms with van der Waals surface area (Å²) in [4.78, 5) is 11.2. The standard InChI is InChI=1S/C16H26N6/c1-13(2)8-22-16(18-12-19-22)11-20(3)9-14-4-5-15-17-6-7-21(15)10-14/h6-7,12-14H,4-5,8-11H2,1-3H3. The molecule has 0 amide bonds. The summed E-state index contributed by atoms with van der Waals surface area (Å²) in [6.07, 6.45) is 8.00. The second-order valence-electron chi connectivity index (χ2n) is 6.85. The zero-order valence-corrected chi connectivity index (χ0v) is 13.8. The molecule has 0 spiro atoms. The van der Waals surface area contributed by atoms with Gasteiger partial charge in [0, 0.05) is 38.4 Å². The molecule has 6 nitrogen and oxygen atoms in total. The van der Waals surface area contributed by atoms with E-state index in [0.29, 0.717) is 11.8 Å². The van der Waals surface area contributed by atoms with Gasteiger partial charge >= 0.3 is 0 Å². The Morgan fingerprint density at radius 1 is 1.36 bits per heavy atom. The Morgan fingerprint density at radius 2 is 2.23 bits per heavy atom. The van der Waals surface area contributed by atoms with E-state index in [-0.39, 0.29) is 0 Å². The minimum Gasteiger partial charge on any atom is -0.335 e. The van der Waals surface area contributed by atoms with Crippen molar-refractivity contribution >= 4 is 0 Å². The molecule has 1 atom stereocenters. The Labute approximate surface area is 132 Å². The van der Waals surface area contributed by atoms with Crippen LogP contribution in [0.25, 0.3) is 0 Å². The lowest BCUT2D eigenvalue weighted by Gasteiger charge is -2.28. The summed E-state index contributed by atoms with van der Waals surface area (Å²) < 4.78 is 4.33. The lowest BCUT2D eigenvalue weighted by Crippen LogP contribution is -2.32. The van der Waals surface area contributed by atoms with E-state index in [2.05, 4.69) is 51.6 Å². The maximum absolute atomic E-state index is 4.42. The van der Waals surface area contributed by atoms with E-state index in [9.17, 15) is 0 Å². The van der Waals surface area contributed by atoms with Gasteiger partial charge in [-0.15, -0.1) is 0 Å². The lowest BCUT2D eigenvalue weighted by molar-refractivity contribution is 0.221. The van der Waals surface area contributed by atoms with Crippen LogP contribution in [0.3, 0.4) is 0 Å². The lowest BCUT2D eigenvalue weighted by atomic mass is 9.99. The van der Waals surface area contributed by atoms with Gasteiger partial charge in [0.25, 0.3) is 0 Å². The van der Waals surface area contributed by atoms with Crippen LogP contribution in [0.15, 0.2) is 18.7 Å². The summed E-state index contributed by atoms with van der Waals surface area (Å²) in [5.74, 6) is 3.57. The Hall–Kier alpha value is -1.69. The second-order valence-corrected chi connectivity index (χ2v) is 6.85. The summed E-state index contributed by atoms with van der Waals surface area (Å²) >= 11 is 0. The first-order chi connectivity index (χ1) is 10.6. The summed E-state index contributed by atoms with van der Waals surface area (Å²) in [5, 5.41) is 4.35. The molecule has 0 saturated heterocycles. The van der Waals surface area contributed by atoms with E-state index in [4.69, 9.17) is 0 Å². The van der Waals surface area contributed by atoms with Crippen molar-refractivity contribution in [2.75, 3.05) is 13.6 Å². The molecule has 0 aromatic carbocycles. The van der Waals surface area contributed by atoms with Crippen LogP contribution in [0, 0.1) is 11.8 Å². The molecule has 0 saturated carbocycles. The van der Waals surface area contributed by atoms with Gasteiger partial charge in [0.15, 0.2) is 0 Å². The number of imidazole rings is 1. The van der Waals surface area contributed by atoms with Crippen LogP contribution in [-0.2, 0) is 26.1 Å². The number of nitrogens with zero attached hydrogens (tertiary/aromatic N) is 6. The van der Waals surface area contributed by atoms with Gasteiger partial charge in [-0.05, 0) is 25.3 Å². The topological polar surface area (TPSA) is 51.8 Å². The molecule has 22 heavy (non-hydrogen) atoms. The van der Waals surface area contributed by atoms with Gasteiger partial charge < -0.3 is 4.57 Å². The van der Waals surface area contributed by atoms with Gasteiger partial charge in [0.1, 0.15) is 18.0 Å². The first-order valence-corrected chi connectivity index (χ1v) is 8.17. The van der Waals surface area contributed by atoms with Crippen molar-refractivity contribution in [1.29, 1.82) is 0 Å². The summed E-state index contributed by atoms with van der Waals surface area (Å²) in [5.41, 5.74) is 0. The van der Waals surface area contributed by atoms with Crippen molar-refractivity contribution in [2.24, 2.45) is 11.8 Å². The molecule has 1 unspecified atom stereocenters. The molecule has 0 N–H and O–H groups in total. The predicted molar refractivity (Wildman–Crippen MR) is 85.2 cm³/mol. The third-order valence-electron chi connectivity index (χ3n) is 4.25. The van der Waals surface area contributed by atoms with E-state index in [1.54, 1.807) is 6.33 Å². The molecule has 6 heteroatoms. The zero-order chi connectivity index (χ0) is 15.5. The Balaban J connectivity index is 1.55. The normalized spacial score (nSPS) is 18.1. The van der Waals surface area contributed by atoms with Crippen LogP contribution in [0.5, 0.6) is 0 Å². The molecule has 3 rings (SSSR count). The van der Waals surface area contributed by atoms with Gasteiger partial charge in [-0.3, -0.25) is 4.90 Å². The number of aryl methyl sites for hydroxylation is 1. The first kappa shape index (κ1) is 15.2. The molecular formula is C16H26N6. The van der Waals surface area contributed by atoms with E-state index < -0.39 is 0 Å². The van der Waals surface area contributed by atoms with Crippen LogP contribution in [0.4, 0.5) is 0 Å². The first-order valence-electron chi connectivity index (χ1n) is 8.17. The van der Waals surface area contributed by atoms with E-state index >= 15 is 0 Å². The van der Waals surface area contributed by atoms with Crippen molar-refractivity contribution < 1.29 is 0 Å². The predicted octanol–water partition coefficient (Wildman–Crippen LogP) is 1.82. The SMILES string of the molecule is CC(C)Cn1ncnc1CN(C)CC1CCc2nccn2C1. The van der Waals surface area contributed by atoms with E-state index in [1.807, 2.05) is 10.9 Å². The molecule has 3 heterocycles. The molecular weight excluding hydrogens is 276 g/mol. The number of fused-ring (bicyclic) bond motifs is 1. The molecule has 0 aliphatic carbocycles. The minimum absolute atomic E-state index is 0.587. The van der Waals surface area contributed by atoms with Gasteiger partial charge in [-0.1, -0.05) is 13.8 Å². The van der Waals surface area contributed by atoms with Crippen LogP contribution in [-0.4, -0.2) is 42.8 Å². The molecule has 2 aromatic rings. The second kappa shape index (κ2) is 6.60. The summed E-state index contributed by atoms with van der Waals surface area (Å²) in [6, 6.07) is 0. The van der Waals surface area contributed by atoms with Crippen molar-refractivity contribution in [3.8, 4) is 0 Å². The van der Waals surface area contributed by atoms with Gasteiger partial charge in [0.05, 0.1) is 6.54 Å². The third-order valence-corrected chi connectivity index (χ3v) is 4.25. The highest BCUT2D eigenvalue weighted by atomic mass is 15.3. The van der Waals surface area contributed by atoms with Crippen LogP contribution >= 0.6 is 0 Å². The van der Waals surface area contributed by atoms with Gasteiger partial charge in [-0.25, -0.2) is 14.6 Å². The molecule has 0 bridgehead atoms. The van der Waals surface area contributed by atoms with E-state index in [1.165, 1.54) is 12.2 Å². The maximum Gasteiger partial charge on any atom is 0.141 e. The third kappa shape index (κ3) is 3.55. The zero-order valence-electron chi connectivity index (χ0n) is 13.8. The molecule has 2 aromatic heterocycles. The maximum atomic E-state index is 4.42. The monoisotopic (exact) mass is 302 g/mol. The van der Waals surface area contributed by atoms with E-state index in [0.717, 1.165) is 38.4 Å². The Morgan fingerprint density at radius 3 is 3.05 bits per heavy atom. The van der Waals surface area contributed by atoms with Crippen LogP contribution in [0.2, 0.25) is 0 Å². The highest BCUT2D eigenvalue weighted by molar-refractivity contribution is 4.97. The number of hydrogen-bond donors (Lipinski definition) is 0. The Kier molecular flexibility index (Phi) is 4.57. The quantitative estimate of drug-likeness (QED) is 0.817. The average Bonchev–Trinajstić information content (AvgIpc) is 3.07. The van der Waals surface area contributed by atoms with Crippen molar-refractivity contribution in [1.82, 2.24) is 29.2 Å². The largest absolute Gasteiger partial charge is 0.335 e. The number of aromatic nitrogens is 5. The number of rotatable bonds is 6. The highest BCUT2D eigenvalue weighted by Crippen LogP contribution is 2.19. The molecule has 0 fully saturated rings. The van der Waals surface area contributed by atoms with Gasteiger partial charge in [-0.2, -0.15) is 5.10 Å². The smallest absolute Gasteiger partial charge is 0.141 e. The van der Waals surface area contributed by atoms with Crippen LogP contribution < -0.4 is 0 Å². The fourth-order valence-corrected chi connectivity index (χ4v) is 3.24. The highest BCUT2D eigenvalue weighted by Gasteiger charge is 2.20. The van der Waals surface area contributed by atoms with Crippen LogP contribution in [0.1, 0.15) is 31.9 Å². The molecule has 0 radical (unpaired) electrons. The fourth-order valence-electron chi connectivity index (χ4n) is 3.24. The molecule has 1 aliphatic rings. The average molecular weight is 302 g/mol.